The fourth-order valence-electron chi connectivity index (χ4n) is 2.51. The summed E-state index contributed by atoms with van der Waals surface area (Å²) < 4.78 is 11.0. The molecule has 4 rings (SSSR count). The second-order valence-corrected chi connectivity index (χ2v) is 5.47. The third kappa shape index (κ3) is 3.07. The van der Waals surface area contributed by atoms with E-state index in [0.29, 0.717) is 28.2 Å². The van der Waals surface area contributed by atoms with Gasteiger partial charge in [-0.3, -0.25) is 10.1 Å². The van der Waals surface area contributed by atoms with E-state index in [2.05, 4.69) is 15.1 Å². The van der Waals surface area contributed by atoms with Gasteiger partial charge in [-0.15, -0.1) is 0 Å². The second-order valence-electron chi connectivity index (χ2n) is 5.47. The SMILES string of the molecule is O=[N+]([O-])c1ccc2c(OCc3cc(-c4ccccc4)no3)ncnc2c1. The molecule has 0 aliphatic heterocycles. The van der Waals surface area contributed by atoms with E-state index in [9.17, 15) is 10.1 Å². The van der Waals surface area contributed by atoms with Crippen molar-refractivity contribution in [2.45, 2.75) is 6.61 Å². The minimum absolute atomic E-state index is 0.0371. The maximum Gasteiger partial charge on any atom is 0.271 e. The Morgan fingerprint density at radius 2 is 1.92 bits per heavy atom. The summed E-state index contributed by atoms with van der Waals surface area (Å²) in [6, 6.07) is 15.8. The van der Waals surface area contributed by atoms with Crippen LogP contribution in [0.1, 0.15) is 5.76 Å². The first-order valence-electron chi connectivity index (χ1n) is 7.74. The number of rotatable bonds is 5. The molecule has 0 spiro atoms. The van der Waals surface area contributed by atoms with Gasteiger partial charge in [0.15, 0.2) is 12.4 Å². The van der Waals surface area contributed by atoms with Crippen molar-refractivity contribution < 1.29 is 14.2 Å². The maximum atomic E-state index is 10.9. The zero-order chi connectivity index (χ0) is 17.9. The summed E-state index contributed by atoms with van der Waals surface area (Å²) in [6.45, 7) is 0.128. The van der Waals surface area contributed by atoms with E-state index in [4.69, 9.17) is 9.26 Å². The lowest BCUT2D eigenvalue weighted by Gasteiger charge is -2.05. The molecule has 128 valence electrons. The highest BCUT2D eigenvalue weighted by Crippen LogP contribution is 2.26. The third-order valence-corrected chi connectivity index (χ3v) is 3.77. The second kappa shape index (κ2) is 6.60. The van der Waals surface area contributed by atoms with Crippen LogP contribution in [0, 0.1) is 10.1 Å². The van der Waals surface area contributed by atoms with Crippen molar-refractivity contribution in [2.75, 3.05) is 0 Å². The van der Waals surface area contributed by atoms with Gasteiger partial charge >= 0.3 is 0 Å². The number of non-ortho nitro benzene ring substituents is 1. The number of fused-ring (bicyclic) bond motifs is 1. The number of hydrogen-bond acceptors (Lipinski definition) is 7. The Hall–Kier alpha value is -3.81. The Balaban J connectivity index is 1.55. The molecule has 8 nitrogen and oxygen atoms in total. The number of nitrogens with zero attached hydrogens (tertiary/aromatic N) is 4. The first-order chi connectivity index (χ1) is 12.7. The predicted molar refractivity (Wildman–Crippen MR) is 92.5 cm³/mol. The van der Waals surface area contributed by atoms with E-state index in [1.54, 1.807) is 12.1 Å². The van der Waals surface area contributed by atoms with Crippen LogP contribution in [-0.4, -0.2) is 20.0 Å². The van der Waals surface area contributed by atoms with Crippen molar-refractivity contribution in [1.82, 2.24) is 15.1 Å². The van der Waals surface area contributed by atoms with Gasteiger partial charge in [-0.1, -0.05) is 35.5 Å². The van der Waals surface area contributed by atoms with E-state index >= 15 is 0 Å². The number of nitro benzene ring substituents is 1. The van der Waals surface area contributed by atoms with Crippen LogP contribution in [0.15, 0.2) is 65.4 Å². The molecule has 0 fully saturated rings. The fourth-order valence-corrected chi connectivity index (χ4v) is 2.51. The van der Waals surface area contributed by atoms with Gasteiger partial charge in [-0.05, 0) is 6.07 Å². The van der Waals surface area contributed by atoms with Gasteiger partial charge in [-0.2, -0.15) is 0 Å². The van der Waals surface area contributed by atoms with Crippen molar-refractivity contribution in [2.24, 2.45) is 0 Å². The van der Waals surface area contributed by atoms with E-state index in [0.717, 1.165) is 5.56 Å². The van der Waals surface area contributed by atoms with Gasteiger partial charge in [0.2, 0.25) is 5.88 Å². The monoisotopic (exact) mass is 348 g/mol. The van der Waals surface area contributed by atoms with Crippen LogP contribution >= 0.6 is 0 Å². The summed E-state index contributed by atoms with van der Waals surface area (Å²) >= 11 is 0. The number of ether oxygens (including phenoxy) is 1. The molecule has 0 radical (unpaired) electrons. The molecule has 2 aromatic heterocycles. The molecule has 26 heavy (non-hydrogen) atoms. The van der Waals surface area contributed by atoms with Crippen molar-refractivity contribution in [1.29, 1.82) is 0 Å². The maximum absolute atomic E-state index is 10.9. The van der Waals surface area contributed by atoms with E-state index in [1.165, 1.54) is 18.5 Å². The minimum Gasteiger partial charge on any atom is -0.469 e. The highest BCUT2D eigenvalue weighted by molar-refractivity contribution is 5.85. The van der Waals surface area contributed by atoms with E-state index in [1.807, 2.05) is 30.3 Å². The first kappa shape index (κ1) is 15.7. The van der Waals surface area contributed by atoms with Crippen molar-refractivity contribution in [3.63, 3.8) is 0 Å². The average Bonchev–Trinajstić information content (AvgIpc) is 3.15. The lowest BCUT2D eigenvalue weighted by molar-refractivity contribution is -0.384. The number of aromatic nitrogens is 3. The summed E-state index contributed by atoms with van der Waals surface area (Å²) in [5.74, 6) is 0.861. The molecule has 2 heterocycles. The molecule has 0 N–H and O–H groups in total. The Bertz CT molecular complexity index is 1080. The van der Waals surface area contributed by atoms with Gasteiger partial charge in [0.05, 0.1) is 15.8 Å². The van der Waals surface area contributed by atoms with Crippen molar-refractivity contribution in [3.05, 3.63) is 76.8 Å². The molecule has 0 saturated carbocycles. The molecule has 0 aliphatic rings. The van der Waals surface area contributed by atoms with Crippen molar-refractivity contribution >= 4 is 16.6 Å². The zero-order valence-corrected chi connectivity index (χ0v) is 13.4. The third-order valence-electron chi connectivity index (χ3n) is 3.77. The summed E-state index contributed by atoms with van der Waals surface area (Å²) in [7, 11) is 0. The van der Waals surface area contributed by atoms with Crippen LogP contribution in [0.4, 0.5) is 5.69 Å². The minimum atomic E-state index is -0.471. The summed E-state index contributed by atoms with van der Waals surface area (Å²) in [6.07, 6.45) is 1.30. The molecule has 0 unspecified atom stereocenters. The van der Waals surface area contributed by atoms with Crippen LogP contribution in [0.25, 0.3) is 22.2 Å². The van der Waals surface area contributed by atoms with Crippen LogP contribution < -0.4 is 4.74 Å². The van der Waals surface area contributed by atoms with Gasteiger partial charge in [0.1, 0.15) is 12.0 Å². The Morgan fingerprint density at radius 1 is 1.08 bits per heavy atom. The average molecular weight is 348 g/mol. The Morgan fingerprint density at radius 3 is 2.73 bits per heavy atom. The van der Waals surface area contributed by atoms with E-state index < -0.39 is 4.92 Å². The van der Waals surface area contributed by atoms with Crippen LogP contribution in [0.2, 0.25) is 0 Å². The molecule has 0 bridgehead atoms. The molecule has 0 atom stereocenters. The van der Waals surface area contributed by atoms with E-state index in [-0.39, 0.29) is 12.3 Å². The van der Waals surface area contributed by atoms with Crippen molar-refractivity contribution in [3.8, 4) is 17.1 Å². The molecule has 0 amide bonds. The summed E-state index contributed by atoms with van der Waals surface area (Å²) in [5.41, 5.74) is 2.06. The highest BCUT2D eigenvalue weighted by atomic mass is 16.6. The standard InChI is InChI=1S/C18H12N4O4/c23-22(24)13-6-7-15-17(8-13)19-11-20-18(15)25-10-14-9-16(21-26-14)12-4-2-1-3-5-12/h1-9,11H,10H2. The molecule has 8 heteroatoms. The Labute approximate surface area is 147 Å². The molecule has 0 aliphatic carbocycles. The quantitative estimate of drug-likeness (QED) is 0.399. The largest absolute Gasteiger partial charge is 0.469 e. The smallest absolute Gasteiger partial charge is 0.271 e. The first-order valence-corrected chi connectivity index (χ1v) is 7.74. The van der Waals surface area contributed by atoms with Gasteiger partial charge in [0.25, 0.3) is 5.69 Å². The normalized spacial score (nSPS) is 10.8. The van der Waals surface area contributed by atoms with Crippen LogP contribution in [-0.2, 0) is 6.61 Å². The number of benzene rings is 2. The van der Waals surface area contributed by atoms with Gasteiger partial charge in [0, 0.05) is 23.8 Å². The lowest BCUT2D eigenvalue weighted by Crippen LogP contribution is -1.98. The molecule has 0 saturated heterocycles. The fraction of sp³-hybridized carbons (Fsp3) is 0.0556. The zero-order valence-electron chi connectivity index (χ0n) is 13.4. The molecular formula is C18H12N4O4. The van der Waals surface area contributed by atoms with Gasteiger partial charge < -0.3 is 9.26 Å². The number of nitro groups is 1. The predicted octanol–water partition coefficient (Wildman–Crippen LogP) is 3.77. The van der Waals surface area contributed by atoms with Crippen LogP contribution in [0.3, 0.4) is 0 Å². The molecule has 2 aromatic carbocycles. The molecular weight excluding hydrogens is 336 g/mol. The molecule has 4 aromatic rings. The summed E-state index contributed by atoms with van der Waals surface area (Å²) in [5, 5.41) is 15.5. The van der Waals surface area contributed by atoms with Gasteiger partial charge in [-0.25, -0.2) is 9.97 Å². The van der Waals surface area contributed by atoms with Crippen LogP contribution in [0.5, 0.6) is 5.88 Å². The summed E-state index contributed by atoms with van der Waals surface area (Å²) in [4.78, 5) is 18.5. The Kier molecular flexibility index (Phi) is 3.98. The topological polar surface area (TPSA) is 104 Å². The number of hydrogen-bond donors (Lipinski definition) is 0. The highest BCUT2D eigenvalue weighted by Gasteiger charge is 2.12. The lowest BCUT2D eigenvalue weighted by atomic mass is 10.1.